The number of aryl methyl sites for hydroxylation is 2. The number of nitrogens with zero attached hydrogens (tertiary/aromatic N) is 1. The summed E-state index contributed by atoms with van der Waals surface area (Å²) in [7, 11) is 0. The van der Waals surface area contributed by atoms with Crippen molar-refractivity contribution in [2.24, 2.45) is 0 Å². The first-order valence-electron chi connectivity index (χ1n) is 11.2. The Morgan fingerprint density at radius 1 is 0.882 bits per heavy atom. The third-order valence-electron chi connectivity index (χ3n) is 6.04. The molecule has 7 heteroatoms. The topological polar surface area (TPSA) is 98.7 Å². The number of amides is 3. The highest BCUT2D eigenvalue weighted by Gasteiger charge is 2.34. The number of hydrogen-bond acceptors (Lipinski definition) is 3. The molecule has 1 heterocycles. The molecule has 0 saturated carbocycles. The van der Waals surface area contributed by atoms with E-state index in [0.29, 0.717) is 30.6 Å². The molecule has 1 aliphatic heterocycles. The summed E-state index contributed by atoms with van der Waals surface area (Å²) in [5.74, 6) is -1.22. The SMILES string of the molecule is Cc1ccc(NC(=O)Nc2ccc(-c3ccc(C(=O)N4CCC[C@H]4C(=O)O)cc3)cc2)c(C)c1. The molecule has 0 spiro atoms. The third kappa shape index (κ3) is 5.09. The zero-order chi connectivity index (χ0) is 24.2. The van der Waals surface area contributed by atoms with Gasteiger partial charge in [-0.15, -0.1) is 0 Å². The van der Waals surface area contributed by atoms with E-state index in [2.05, 4.69) is 10.6 Å². The minimum Gasteiger partial charge on any atom is -0.480 e. The number of anilines is 2. The minimum absolute atomic E-state index is 0.258. The van der Waals surface area contributed by atoms with E-state index < -0.39 is 12.0 Å². The first kappa shape index (κ1) is 23.0. The number of benzene rings is 3. The van der Waals surface area contributed by atoms with Crippen molar-refractivity contribution < 1.29 is 19.5 Å². The number of likely N-dealkylation sites (tertiary alicyclic amines) is 1. The van der Waals surface area contributed by atoms with Gasteiger partial charge in [0.15, 0.2) is 0 Å². The maximum absolute atomic E-state index is 12.7. The van der Waals surface area contributed by atoms with Crippen molar-refractivity contribution in [3.63, 3.8) is 0 Å². The highest BCUT2D eigenvalue weighted by atomic mass is 16.4. The number of carboxylic acid groups (broad SMARTS) is 1. The van der Waals surface area contributed by atoms with Gasteiger partial charge in [0.05, 0.1) is 0 Å². The normalized spacial score (nSPS) is 15.1. The van der Waals surface area contributed by atoms with Gasteiger partial charge in [-0.2, -0.15) is 0 Å². The Labute approximate surface area is 198 Å². The monoisotopic (exact) mass is 457 g/mol. The molecule has 3 aromatic carbocycles. The zero-order valence-corrected chi connectivity index (χ0v) is 19.2. The second-order valence-corrected chi connectivity index (χ2v) is 8.55. The van der Waals surface area contributed by atoms with E-state index in [-0.39, 0.29) is 11.9 Å². The van der Waals surface area contributed by atoms with Crippen molar-refractivity contribution in [2.75, 3.05) is 17.2 Å². The van der Waals surface area contributed by atoms with E-state index in [1.165, 1.54) is 4.90 Å². The first-order valence-corrected chi connectivity index (χ1v) is 11.2. The molecule has 3 aromatic rings. The van der Waals surface area contributed by atoms with Gasteiger partial charge in [0.25, 0.3) is 5.91 Å². The Morgan fingerprint density at radius 2 is 1.53 bits per heavy atom. The highest BCUT2D eigenvalue weighted by molar-refractivity contribution is 6.00. The molecule has 0 aromatic heterocycles. The van der Waals surface area contributed by atoms with Crippen molar-refractivity contribution in [3.05, 3.63) is 83.4 Å². The van der Waals surface area contributed by atoms with Crippen LogP contribution in [0.15, 0.2) is 66.7 Å². The molecule has 0 unspecified atom stereocenters. The van der Waals surface area contributed by atoms with Gasteiger partial charge in [-0.05, 0) is 73.7 Å². The Kier molecular flexibility index (Phi) is 6.63. The van der Waals surface area contributed by atoms with E-state index in [9.17, 15) is 19.5 Å². The fourth-order valence-electron chi connectivity index (χ4n) is 4.22. The van der Waals surface area contributed by atoms with Crippen LogP contribution in [0.5, 0.6) is 0 Å². The van der Waals surface area contributed by atoms with Gasteiger partial charge < -0.3 is 20.6 Å². The molecule has 1 fully saturated rings. The molecule has 0 bridgehead atoms. The summed E-state index contributed by atoms with van der Waals surface area (Å²) >= 11 is 0. The summed E-state index contributed by atoms with van der Waals surface area (Å²) in [6.07, 6.45) is 1.19. The van der Waals surface area contributed by atoms with E-state index >= 15 is 0 Å². The summed E-state index contributed by atoms with van der Waals surface area (Å²) < 4.78 is 0. The van der Waals surface area contributed by atoms with Gasteiger partial charge in [0.2, 0.25) is 0 Å². The largest absolute Gasteiger partial charge is 0.480 e. The lowest BCUT2D eigenvalue weighted by Gasteiger charge is -2.21. The number of aliphatic carboxylic acids is 1. The van der Waals surface area contributed by atoms with Crippen LogP contribution in [0.1, 0.15) is 34.3 Å². The van der Waals surface area contributed by atoms with Crippen LogP contribution in [0.3, 0.4) is 0 Å². The van der Waals surface area contributed by atoms with Crippen LogP contribution in [-0.2, 0) is 4.79 Å². The van der Waals surface area contributed by atoms with Crippen molar-refractivity contribution in [1.29, 1.82) is 0 Å². The first-order chi connectivity index (χ1) is 16.3. The number of rotatable bonds is 5. The Hall–Kier alpha value is -4.13. The summed E-state index contributed by atoms with van der Waals surface area (Å²) in [5.41, 5.74) is 5.87. The smallest absolute Gasteiger partial charge is 0.326 e. The van der Waals surface area contributed by atoms with Crippen LogP contribution < -0.4 is 10.6 Å². The summed E-state index contributed by atoms with van der Waals surface area (Å²) in [6, 6.07) is 19.3. The molecule has 1 atom stereocenters. The highest BCUT2D eigenvalue weighted by Crippen LogP contribution is 2.25. The van der Waals surface area contributed by atoms with E-state index in [0.717, 1.165) is 27.9 Å². The molecule has 3 amide bonds. The predicted octanol–water partition coefficient (Wildman–Crippen LogP) is 5.30. The lowest BCUT2D eigenvalue weighted by atomic mass is 10.0. The second kappa shape index (κ2) is 9.79. The summed E-state index contributed by atoms with van der Waals surface area (Å²) in [4.78, 5) is 37.9. The molecule has 1 aliphatic rings. The standard InChI is InChI=1S/C27H27N3O4/c1-17-5-14-23(18(2)16-17)29-27(34)28-22-12-10-20(11-13-22)19-6-8-21(9-7-19)25(31)30-15-3-4-24(30)26(32)33/h5-14,16,24H,3-4,15H2,1-2H3,(H,32,33)(H2,28,29,34)/t24-/m0/s1. The van der Waals surface area contributed by atoms with Crippen molar-refractivity contribution >= 4 is 29.3 Å². The van der Waals surface area contributed by atoms with Crippen LogP contribution >= 0.6 is 0 Å². The number of carbonyl (C=O) groups is 3. The third-order valence-corrected chi connectivity index (χ3v) is 6.04. The number of nitrogens with one attached hydrogen (secondary N) is 2. The van der Waals surface area contributed by atoms with Crippen LogP contribution in [-0.4, -0.2) is 40.5 Å². The number of carboxylic acids is 1. The summed E-state index contributed by atoms with van der Waals surface area (Å²) in [5, 5.41) is 15.0. The average molecular weight is 458 g/mol. The van der Waals surface area contributed by atoms with Gasteiger partial charge in [-0.3, -0.25) is 4.79 Å². The van der Waals surface area contributed by atoms with E-state index in [1.54, 1.807) is 12.1 Å². The van der Waals surface area contributed by atoms with Crippen LogP contribution in [0, 0.1) is 13.8 Å². The molecule has 0 radical (unpaired) electrons. The van der Waals surface area contributed by atoms with Crippen molar-refractivity contribution in [3.8, 4) is 11.1 Å². The average Bonchev–Trinajstić information content (AvgIpc) is 3.32. The second-order valence-electron chi connectivity index (χ2n) is 8.55. The fourth-order valence-corrected chi connectivity index (χ4v) is 4.22. The van der Waals surface area contributed by atoms with Crippen molar-refractivity contribution in [2.45, 2.75) is 32.7 Å². The molecular formula is C27H27N3O4. The van der Waals surface area contributed by atoms with E-state index in [4.69, 9.17) is 0 Å². The van der Waals surface area contributed by atoms with E-state index in [1.807, 2.05) is 68.4 Å². The Bertz CT molecular complexity index is 1220. The molecule has 7 nitrogen and oxygen atoms in total. The molecule has 34 heavy (non-hydrogen) atoms. The fraction of sp³-hybridized carbons (Fsp3) is 0.222. The summed E-state index contributed by atoms with van der Waals surface area (Å²) in [6.45, 7) is 4.42. The number of carbonyl (C=O) groups excluding carboxylic acids is 2. The quantitative estimate of drug-likeness (QED) is 0.484. The molecule has 174 valence electrons. The minimum atomic E-state index is -0.959. The Balaban J connectivity index is 1.39. The number of urea groups is 1. The lowest BCUT2D eigenvalue weighted by molar-refractivity contribution is -0.141. The van der Waals surface area contributed by atoms with Gasteiger partial charge in [0, 0.05) is 23.5 Å². The zero-order valence-electron chi connectivity index (χ0n) is 19.2. The molecule has 3 N–H and O–H groups in total. The van der Waals surface area contributed by atoms with Gasteiger partial charge in [-0.1, -0.05) is 42.0 Å². The molecule has 4 rings (SSSR count). The van der Waals surface area contributed by atoms with Crippen molar-refractivity contribution in [1.82, 2.24) is 4.90 Å². The van der Waals surface area contributed by atoms with Crippen LogP contribution in [0.25, 0.3) is 11.1 Å². The van der Waals surface area contributed by atoms with Crippen LogP contribution in [0.4, 0.5) is 16.2 Å². The van der Waals surface area contributed by atoms with Crippen LogP contribution in [0.2, 0.25) is 0 Å². The molecule has 1 saturated heterocycles. The molecular weight excluding hydrogens is 430 g/mol. The number of hydrogen-bond donors (Lipinski definition) is 3. The Morgan fingerprint density at radius 3 is 2.15 bits per heavy atom. The lowest BCUT2D eigenvalue weighted by Crippen LogP contribution is -2.40. The van der Waals surface area contributed by atoms with Gasteiger partial charge in [0.1, 0.15) is 6.04 Å². The predicted molar refractivity (Wildman–Crippen MR) is 132 cm³/mol. The van der Waals surface area contributed by atoms with Gasteiger partial charge >= 0.3 is 12.0 Å². The maximum Gasteiger partial charge on any atom is 0.326 e. The molecule has 0 aliphatic carbocycles. The maximum atomic E-state index is 12.7. The van der Waals surface area contributed by atoms with Gasteiger partial charge in [-0.25, -0.2) is 9.59 Å².